The number of carbonyl (C=O) groups excluding carboxylic acids is 1. The third-order valence-electron chi connectivity index (χ3n) is 3.46. The lowest BCUT2D eigenvalue weighted by Crippen LogP contribution is -2.51. The van der Waals surface area contributed by atoms with Crippen molar-refractivity contribution in [1.82, 2.24) is 10.6 Å². The van der Waals surface area contributed by atoms with Gasteiger partial charge in [0.25, 0.3) is 0 Å². The Hall–Kier alpha value is -0.610. The molecule has 0 aromatic carbocycles. The minimum Gasteiger partial charge on any atom is -0.376 e. The summed E-state index contributed by atoms with van der Waals surface area (Å²) in [4.78, 5) is 11.5. The van der Waals surface area contributed by atoms with Gasteiger partial charge in [0, 0.05) is 19.6 Å². The fourth-order valence-corrected chi connectivity index (χ4v) is 2.25. The van der Waals surface area contributed by atoms with Crippen molar-refractivity contribution in [3.05, 3.63) is 0 Å². The van der Waals surface area contributed by atoms with Gasteiger partial charge in [-0.2, -0.15) is 0 Å². The summed E-state index contributed by atoms with van der Waals surface area (Å²) in [6.07, 6.45) is 6.78. The summed E-state index contributed by atoms with van der Waals surface area (Å²) in [6.45, 7) is 2.98. The summed E-state index contributed by atoms with van der Waals surface area (Å²) < 4.78 is 5.73. The van der Waals surface area contributed by atoms with Crippen molar-refractivity contribution in [3.63, 3.8) is 0 Å². The quantitative estimate of drug-likeness (QED) is 0.678. The van der Waals surface area contributed by atoms with Crippen LogP contribution in [0.3, 0.4) is 0 Å². The molecule has 2 rings (SSSR count). The van der Waals surface area contributed by atoms with Gasteiger partial charge in [-0.3, -0.25) is 4.79 Å². The minimum absolute atomic E-state index is 0.172. The lowest BCUT2D eigenvalue weighted by Gasteiger charge is -2.26. The van der Waals surface area contributed by atoms with E-state index in [1.807, 2.05) is 0 Å². The van der Waals surface area contributed by atoms with Gasteiger partial charge >= 0.3 is 0 Å². The molecule has 0 spiro atoms. The minimum atomic E-state index is 0.172. The molecule has 4 heteroatoms. The van der Waals surface area contributed by atoms with Crippen molar-refractivity contribution in [2.75, 3.05) is 26.2 Å². The van der Waals surface area contributed by atoms with Gasteiger partial charge in [-0.05, 0) is 12.8 Å². The summed E-state index contributed by atoms with van der Waals surface area (Å²) in [5, 5.41) is 6.01. The maximum absolute atomic E-state index is 11.5. The number of amides is 1. The standard InChI is InChI=1S/C12H22N2O2/c15-12(10-8-13-9-10)14-6-7-16-11-4-2-1-3-5-11/h10-11,13H,1-9H2,(H,14,15). The highest BCUT2D eigenvalue weighted by Crippen LogP contribution is 2.19. The molecule has 1 saturated carbocycles. The topological polar surface area (TPSA) is 50.4 Å². The van der Waals surface area contributed by atoms with Crippen LogP contribution in [0.2, 0.25) is 0 Å². The maximum atomic E-state index is 11.5. The van der Waals surface area contributed by atoms with E-state index in [2.05, 4.69) is 10.6 Å². The largest absolute Gasteiger partial charge is 0.376 e. The van der Waals surface area contributed by atoms with E-state index < -0.39 is 0 Å². The number of rotatable bonds is 5. The van der Waals surface area contributed by atoms with Crippen LogP contribution in [0.4, 0.5) is 0 Å². The molecule has 16 heavy (non-hydrogen) atoms. The predicted octanol–water partition coefficient (Wildman–Crippen LogP) is 0.671. The zero-order valence-corrected chi connectivity index (χ0v) is 9.84. The predicted molar refractivity (Wildman–Crippen MR) is 62.2 cm³/mol. The Labute approximate surface area is 97.1 Å². The second-order valence-corrected chi connectivity index (χ2v) is 4.78. The van der Waals surface area contributed by atoms with Gasteiger partial charge in [0.1, 0.15) is 0 Å². The molecule has 92 valence electrons. The summed E-state index contributed by atoms with van der Waals surface area (Å²) >= 11 is 0. The fourth-order valence-electron chi connectivity index (χ4n) is 2.25. The summed E-state index contributed by atoms with van der Waals surface area (Å²) in [6, 6.07) is 0. The van der Waals surface area contributed by atoms with Gasteiger partial charge < -0.3 is 15.4 Å². The molecule has 0 unspecified atom stereocenters. The van der Waals surface area contributed by atoms with Crippen molar-refractivity contribution in [2.45, 2.75) is 38.2 Å². The molecule has 0 atom stereocenters. The average Bonchev–Trinajstić information content (AvgIpc) is 2.23. The Morgan fingerprint density at radius 2 is 2.00 bits per heavy atom. The van der Waals surface area contributed by atoms with Crippen LogP contribution in [0.15, 0.2) is 0 Å². The van der Waals surface area contributed by atoms with Crippen molar-refractivity contribution in [3.8, 4) is 0 Å². The van der Waals surface area contributed by atoms with E-state index in [1.54, 1.807) is 0 Å². The molecule has 0 aromatic heterocycles. The number of ether oxygens (including phenoxy) is 1. The number of hydrogen-bond acceptors (Lipinski definition) is 3. The average molecular weight is 226 g/mol. The first-order valence-electron chi connectivity index (χ1n) is 6.46. The number of hydrogen-bond donors (Lipinski definition) is 2. The number of nitrogens with one attached hydrogen (secondary N) is 2. The fraction of sp³-hybridized carbons (Fsp3) is 0.917. The zero-order chi connectivity index (χ0) is 11.2. The van der Waals surface area contributed by atoms with Gasteiger partial charge in [-0.25, -0.2) is 0 Å². The first kappa shape index (κ1) is 11.9. The Morgan fingerprint density at radius 3 is 2.62 bits per heavy atom. The van der Waals surface area contributed by atoms with Gasteiger partial charge in [-0.1, -0.05) is 19.3 Å². The summed E-state index contributed by atoms with van der Waals surface area (Å²) in [5.41, 5.74) is 0. The van der Waals surface area contributed by atoms with Gasteiger partial charge in [-0.15, -0.1) is 0 Å². The lowest BCUT2D eigenvalue weighted by atomic mass is 9.98. The van der Waals surface area contributed by atoms with Crippen LogP contribution in [0, 0.1) is 5.92 Å². The highest BCUT2D eigenvalue weighted by atomic mass is 16.5. The van der Waals surface area contributed by atoms with Crippen LogP contribution in [-0.2, 0) is 9.53 Å². The highest BCUT2D eigenvalue weighted by molar-refractivity contribution is 5.79. The molecule has 0 aromatic rings. The van der Waals surface area contributed by atoms with Gasteiger partial charge in [0.15, 0.2) is 0 Å². The zero-order valence-electron chi connectivity index (χ0n) is 9.84. The van der Waals surface area contributed by atoms with Crippen LogP contribution in [-0.4, -0.2) is 38.3 Å². The monoisotopic (exact) mass is 226 g/mol. The maximum Gasteiger partial charge on any atom is 0.225 e. The first-order chi connectivity index (χ1) is 7.86. The molecule has 1 amide bonds. The van der Waals surface area contributed by atoms with Gasteiger partial charge in [0.05, 0.1) is 18.6 Å². The molecule has 1 aliphatic heterocycles. The SMILES string of the molecule is O=C(NCCOC1CCCCC1)C1CNC1. The summed E-state index contributed by atoms with van der Waals surface area (Å²) in [7, 11) is 0. The van der Waals surface area contributed by atoms with E-state index >= 15 is 0 Å². The van der Waals surface area contributed by atoms with E-state index in [4.69, 9.17) is 4.74 Å². The second kappa shape index (κ2) is 6.21. The molecular weight excluding hydrogens is 204 g/mol. The van der Waals surface area contributed by atoms with Crippen molar-refractivity contribution in [1.29, 1.82) is 0 Å². The molecule has 1 heterocycles. The summed E-state index contributed by atoms with van der Waals surface area (Å²) in [5.74, 6) is 0.362. The van der Waals surface area contributed by atoms with Crippen LogP contribution in [0.25, 0.3) is 0 Å². The second-order valence-electron chi connectivity index (χ2n) is 4.78. The Kier molecular flexibility index (Phi) is 4.60. The van der Waals surface area contributed by atoms with Crippen LogP contribution < -0.4 is 10.6 Å². The van der Waals surface area contributed by atoms with Crippen molar-refractivity contribution < 1.29 is 9.53 Å². The third kappa shape index (κ3) is 3.46. The normalized spacial score (nSPS) is 22.8. The van der Waals surface area contributed by atoms with E-state index in [0.717, 1.165) is 13.1 Å². The van der Waals surface area contributed by atoms with Gasteiger partial charge in [0.2, 0.25) is 5.91 Å². The van der Waals surface area contributed by atoms with E-state index in [0.29, 0.717) is 19.3 Å². The van der Waals surface area contributed by atoms with Crippen LogP contribution >= 0.6 is 0 Å². The first-order valence-corrected chi connectivity index (χ1v) is 6.46. The van der Waals surface area contributed by atoms with E-state index in [9.17, 15) is 4.79 Å². The Bertz CT molecular complexity index is 223. The van der Waals surface area contributed by atoms with Crippen molar-refractivity contribution in [2.24, 2.45) is 5.92 Å². The van der Waals surface area contributed by atoms with E-state index in [1.165, 1.54) is 32.1 Å². The molecule has 2 aliphatic rings. The molecule has 0 radical (unpaired) electrons. The molecule has 2 N–H and O–H groups in total. The van der Waals surface area contributed by atoms with Crippen molar-refractivity contribution >= 4 is 5.91 Å². The Balaban J connectivity index is 1.49. The molecule has 1 aliphatic carbocycles. The lowest BCUT2D eigenvalue weighted by molar-refractivity contribution is -0.126. The van der Waals surface area contributed by atoms with E-state index in [-0.39, 0.29) is 11.8 Å². The molecule has 1 saturated heterocycles. The third-order valence-corrected chi connectivity index (χ3v) is 3.46. The van der Waals surface area contributed by atoms with Crippen LogP contribution in [0.5, 0.6) is 0 Å². The highest BCUT2D eigenvalue weighted by Gasteiger charge is 2.24. The number of carbonyl (C=O) groups is 1. The Morgan fingerprint density at radius 1 is 1.25 bits per heavy atom. The molecule has 4 nitrogen and oxygen atoms in total. The molecular formula is C12H22N2O2. The molecule has 0 bridgehead atoms. The van der Waals surface area contributed by atoms with Crippen LogP contribution in [0.1, 0.15) is 32.1 Å². The smallest absolute Gasteiger partial charge is 0.225 e. The molecule has 2 fully saturated rings.